The minimum Gasteiger partial charge on any atom is -0.307 e. The topological polar surface area (TPSA) is 29.9 Å². The Morgan fingerprint density at radius 1 is 1.31 bits per heavy atom. The fourth-order valence-corrected chi connectivity index (χ4v) is 2.40. The van der Waals surface area contributed by atoms with Crippen LogP contribution >= 0.6 is 0 Å². The molecule has 0 spiro atoms. The number of nitrogens with zero attached hydrogens (tertiary/aromatic N) is 2. The van der Waals surface area contributed by atoms with Crippen LogP contribution in [-0.4, -0.2) is 15.8 Å². The summed E-state index contributed by atoms with van der Waals surface area (Å²) in [5.74, 6) is 0. The quantitative estimate of drug-likeness (QED) is 0.847. The monoisotopic (exact) mass is 221 g/mol. The van der Waals surface area contributed by atoms with Crippen LogP contribution < -0.4 is 5.32 Å². The van der Waals surface area contributed by atoms with E-state index in [1.54, 1.807) is 0 Å². The predicted molar refractivity (Wildman–Crippen MR) is 66.4 cm³/mol. The van der Waals surface area contributed by atoms with E-state index in [9.17, 15) is 0 Å². The van der Waals surface area contributed by atoms with E-state index in [4.69, 9.17) is 0 Å². The molecule has 2 rings (SSSR count). The molecule has 3 heteroatoms. The van der Waals surface area contributed by atoms with Gasteiger partial charge in [-0.25, -0.2) is 0 Å². The first-order valence-corrected chi connectivity index (χ1v) is 6.47. The summed E-state index contributed by atoms with van der Waals surface area (Å²) in [4.78, 5) is 0. The van der Waals surface area contributed by atoms with Gasteiger partial charge in [-0.2, -0.15) is 5.10 Å². The van der Waals surface area contributed by atoms with E-state index in [-0.39, 0.29) is 0 Å². The van der Waals surface area contributed by atoms with E-state index < -0.39 is 0 Å². The molecule has 3 nitrogen and oxygen atoms in total. The molecule has 0 saturated heterocycles. The molecular weight excluding hydrogens is 198 g/mol. The molecule has 16 heavy (non-hydrogen) atoms. The Bertz CT molecular complexity index is 324. The Morgan fingerprint density at radius 3 is 2.56 bits per heavy atom. The third-order valence-corrected chi connectivity index (χ3v) is 3.49. The first-order chi connectivity index (χ1) is 7.66. The van der Waals surface area contributed by atoms with Crippen LogP contribution in [0.15, 0.2) is 12.4 Å². The highest BCUT2D eigenvalue weighted by Crippen LogP contribution is 2.22. The number of nitrogens with one attached hydrogen (secondary N) is 1. The highest BCUT2D eigenvalue weighted by Gasteiger charge is 2.18. The Hall–Kier alpha value is -0.830. The van der Waals surface area contributed by atoms with E-state index in [1.807, 2.05) is 10.9 Å². The third kappa shape index (κ3) is 2.64. The second-order valence-electron chi connectivity index (χ2n) is 5.22. The van der Waals surface area contributed by atoms with Gasteiger partial charge in [-0.15, -0.1) is 0 Å². The molecule has 1 heterocycles. The summed E-state index contributed by atoms with van der Waals surface area (Å²) in [6, 6.07) is 1.60. The van der Waals surface area contributed by atoms with Gasteiger partial charge in [0.05, 0.1) is 6.20 Å². The fourth-order valence-electron chi connectivity index (χ4n) is 2.40. The standard InChI is InChI=1S/C13H23N3/c1-10(2)16-9-12(8-14-16)11(3)15-13-6-4-5-7-13/h8-11,13,15H,4-7H2,1-3H3. The van der Waals surface area contributed by atoms with E-state index in [0.29, 0.717) is 12.1 Å². The summed E-state index contributed by atoms with van der Waals surface area (Å²) in [7, 11) is 0. The van der Waals surface area contributed by atoms with Gasteiger partial charge in [-0.1, -0.05) is 12.8 Å². The first kappa shape index (κ1) is 11.6. The van der Waals surface area contributed by atoms with Gasteiger partial charge >= 0.3 is 0 Å². The summed E-state index contributed by atoms with van der Waals surface area (Å²) in [5, 5.41) is 8.08. The maximum atomic E-state index is 4.39. The van der Waals surface area contributed by atoms with Crippen LogP contribution in [0.2, 0.25) is 0 Å². The highest BCUT2D eigenvalue weighted by atomic mass is 15.3. The van der Waals surface area contributed by atoms with Gasteiger partial charge in [0.1, 0.15) is 0 Å². The van der Waals surface area contributed by atoms with Gasteiger partial charge in [-0.05, 0) is 33.6 Å². The zero-order valence-electron chi connectivity index (χ0n) is 10.6. The number of rotatable bonds is 4. The Morgan fingerprint density at radius 2 is 2.00 bits per heavy atom. The molecule has 1 saturated carbocycles. The van der Waals surface area contributed by atoms with Crippen molar-refractivity contribution in [3.05, 3.63) is 18.0 Å². The lowest BCUT2D eigenvalue weighted by Crippen LogP contribution is -2.28. The summed E-state index contributed by atoms with van der Waals surface area (Å²) >= 11 is 0. The smallest absolute Gasteiger partial charge is 0.0537 e. The van der Waals surface area contributed by atoms with Gasteiger partial charge in [0.25, 0.3) is 0 Å². The van der Waals surface area contributed by atoms with Crippen molar-refractivity contribution in [1.82, 2.24) is 15.1 Å². The minimum atomic E-state index is 0.426. The minimum absolute atomic E-state index is 0.426. The van der Waals surface area contributed by atoms with Crippen LogP contribution in [0.3, 0.4) is 0 Å². The molecule has 0 radical (unpaired) electrons. The van der Waals surface area contributed by atoms with Gasteiger partial charge < -0.3 is 5.32 Å². The molecule has 0 amide bonds. The van der Waals surface area contributed by atoms with Crippen LogP contribution in [-0.2, 0) is 0 Å². The second kappa shape index (κ2) is 5.00. The molecule has 1 fully saturated rings. The van der Waals surface area contributed by atoms with Crippen LogP contribution in [0.25, 0.3) is 0 Å². The maximum Gasteiger partial charge on any atom is 0.0537 e. The average molecular weight is 221 g/mol. The van der Waals surface area contributed by atoms with Crippen molar-refractivity contribution in [1.29, 1.82) is 0 Å². The van der Waals surface area contributed by atoms with E-state index in [1.165, 1.54) is 31.2 Å². The zero-order chi connectivity index (χ0) is 11.5. The zero-order valence-corrected chi connectivity index (χ0v) is 10.6. The van der Waals surface area contributed by atoms with Crippen molar-refractivity contribution >= 4 is 0 Å². The van der Waals surface area contributed by atoms with Crippen LogP contribution in [0.4, 0.5) is 0 Å². The second-order valence-corrected chi connectivity index (χ2v) is 5.22. The predicted octanol–water partition coefficient (Wildman–Crippen LogP) is 3.06. The van der Waals surface area contributed by atoms with Crippen LogP contribution in [0.1, 0.15) is 64.1 Å². The maximum absolute atomic E-state index is 4.39. The largest absolute Gasteiger partial charge is 0.307 e. The van der Waals surface area contributed by atoms with Crippen LogP contribution in [0.5, 0.6) is 0 Å². The molecule has 90 valence electrons. The van der Waals surface area contributed by atoms with Gasteiger partial charge in [0.2, 0.25) is 0 Å². The Kier molecular flexibility index (Phi) is 3.64. The molecule has 1 aliphatic rings. The summed E-state index contributed by atoms with van der Waals surface area (Å²) < 4.78 is 2.03. The number of hydrogen-bond donors (Lipinski definition) is 1. The van der Waals surface area contributed by atoms with Crippen molar-refractivity contribution in [2.24, 2.45) is 0 Å². The van der Waals surface area contributed by atoms with E-state index in [0.717, 1.165) is 6.04 Å². The lowest BCUT2D eigenvalue weighted by atomic mass is 10.1. The molecule has 0 aliphatic heterocycles. The van der Waals surface area contributed by atoms with Gasteiger partial charge in [0.15, 0.2) is 0 Å². The number of hydrogen-bond acceptors (Lipinski definition) is 2. The summed E-state index contributed by atoms with van der Waals surface area (Å²) in [5.41, 5.74) is 1.31. The lowest BCUT2D eigenvalue weighted by Gasteiger charge is -2.17. The van der Waals surface area contributed by atoms with Crippen molar-refractivity contribution < 1.29 is 0 Å². The third-order valence-electron chi connectivity index (χ3n) is 3.49. The first-order valence-electron chi connectivity index (χ1n) is 6.47. The number of aromatic nitrogens is 2. The molecule has 1 atom stereocenters. The van der Waals surface area contributed by atoms with Crippen LogP contribution in [0, 0.1) is 0 Å². The van der Waals surface area contributed by atoms with E-state index in [2.05, 4.69) is 37.4 Å². The SMILES string of the molecule is CC(NC1CCCC1)c1cnn(C(C)C)c1. The molecule has 0 aromatic carbocycles. The van der Waals surface area contributed by atoms with Crippen molar-refractivity contribution in [3.63, 3.8) is 0 Å². The van der Waals surface area contributed by atoms with E-state index >= 15 is 0 Å². The Balaban J connectivity index is 1.94. The molecule has 1 unspecified atom stereocenters. The molecule has 1 aromatic rings. The normalized spacial score (nSPS) is 19.5. The average Bonchev–Trinajstić information content (AvgIpc) is 2.86. The molecule has 1 N–H and O–H groups in total. The lowest BCUT2D eigenvalue weighted by molar-refractivity contribution is 0.460. The molecular formula is C13H23N3. The highest BCUT2D eigenvalue weighted by molar-refractivity contribution is 5.10. The Labute approximate surface area is 98.2 Å². The summed E-state index contributed by atoms with van der Waals surface area (Å²) in [6.07, 6.45) is 9.60. The van der Waals surface area contributed by atoms with Gasteiger partial charge in [-0.3, -0.25) is 4.68 Å². The van der Waals surface area contributed by atoms with Crippen molar-refractivity contribution in [2.75, 3.05) is 0 Å². The molecule has 0 bridgehead atoms. The van der Waals surface area contributed by atoms with Gasteiger partial charge in [0, 0.05) is 29.9 Å². The van der Waals surface area contributed by atoms with Crippen molar-refractivity contribution in [2.45, 2.75) is 64.6 Å². The molecule has 1 aliphatic carbocycles. The van der Waals surface area contributed by atoms with Crippen molar-refractivity contribution in [3.8, 4) is 0 Å². The molecule has 1 aromatic heterocycles. The fraction of sp³-hybridized carbons (Fsp3) is 0.769. The summed E-state index contributed by atoms with van der Waals surface area (Å²) in [6.45, 7) is 6.55.